The summed E-state index contributed by atoms with van der Waals surface area (Å²) in [5.41, 5.74) is 1.96. The van der Waals surface area contributed by atoms with Gasteiger partial charge in [-0.15, -0.1) is 24.0 Å². The normalized spacial score (nSPS) is 10.8. The Bertz CT molecular complexity index is 677. The molecule has 26 heavy (non-hydrogen) atoms. The zero-order valence-electron chi connectivity index (χ0n) is 14.6. The minimum Gasteiger partial charge on any atom is -0.357 e. The quantitative estimate of drug-likeness (QED) is 0.214. The van der Waals surface area contributed by atoms with E-state index in [0.717, 1.165) is 24.6 Å². The number of hydrogen-bond donors (Lipinski definition) is 3. The number of guanidine groups is 1. The number of rotatable bonds is 8. The van der Waals surface area contributed by atoms with Crippen LogP contribution in [0.25, 0.3) is 0 Å². The maximum Gasteiger partial charge on any atom is 0.224 e. The third-order valence-electron chi connectivity index (χ3n) is 3.35. The van der Waals surface area contributed by atoms with Gasteiger partial charge >= 0.3 is 0 Å². The first-order valence-electron chi connectivity index (χ1n) is 8.26. The smallest absolute Gasteiger partial charge is 0.224 e. The van der Waals surface area contributed by atoms with E-state index in [4.69, 9.17) is 11.6 Å². The summed E-state index contributed by atoms with van der Waals surface area (Å²) in [5.74, 6) is 0.760. The highest BCUT2D eigenvalue weighted by atomic mass is 127. The van der Waals surface area contributed by atoms with Crippen molar-refractivity contribution in [3.05, 3.63) is 51.7 Å². The van der Waals surface area contributed by atoms with Crippen molar-refractivity contribution in [3.63, 3.8) is 0 Å². The highest BCUT2D eigenvalue weighted by molar-refractivity contribution is 14.0. The highest BCUT2D eigenvalue weighted by Crippen LogP contribution is 2.13. The van der Waals surface area contributed by atoms with E-state index in [0.29, 0.717) is 24.5 Å². The van der Waals surface area contributed by atoms with Crippen LogP contribution in [0.4, 0.5) is 5.69 Å². The maximum absolute atomic E-state index is 11.9. The zero-order chi connectivity index (χ0) is 17.9. The van der Waals surface area contributed by atoms with Crippen LogP contribution in [-0.4, -0.2) is 25.0 Å². The lowest BCUT2D eigenvalue weighted by Gasteiger charge is -2.11. The lowest BCUT2D eigenvalue weighted by molar-refractivity contribution is -0.116. The number of amides is 1. The molecule has 3 N–H and O–H groups in total. The van der Waals surface area contributed by atoms with Crippen LogP contribution >= 0.6 is 46.9 Å². The maximum atomic E-state index is 11.9. The number of carbonyl (C=O) groups is 1. The lowest BCUT2D eigenvalue weighted by Crippen LogP contribution is -2.38. The Morgan fingerprint density at radius 1 is 1.19 bits per heavy atom. The van der Waals surface area contributed by atoms with Crippen LogP contribution in [0.15, 0.2) is 46.1 Å². The molecular formula is C18H24ClIN4OS. The van der Waals surface area contributed by atoms with Crippen molar-refractivity contribution in [2.45, 2.75) is 26.3 Å². The molecule has 0 aliphatic heterocycles. The molecule has 0 spiro atoms. The number of aliphatic imine (C=N–C) groups is 1. The first-order chi connectivity index (χ1) is 12.2. The van der Waals surface area contributed by atoms with Crippen LogP contribution in [0.5, 0.6) is 0 Å². The molecule has 0 fully saturated rings. The molecule has 1 heterocycles. The molecule has 1 amide bonds. The second kappa shape index (κ2) is 12.9. The molecule has 1 aromatic carbocycles. The van der Waals surface area contributed by atoms with Gasteiger partial charge in [0.05, 0.1) is 6.54 Å². The van der Waals surface area contributed by atoms with Gasteiger partial charge in [-0.05, 0) is 60.0 Å². The van der Waals surface area contributed by atoms with Crippen molar-refractivity contribution in [1.29, 1.82) is 0 Å². The Hall–Kier alpha value is -1.32. The number of nitrogens with zero attached hydrogens (tertiary/aromatic N) is 1. The summed E-state index contributed by atoms with van der Waals surface area (Å²) in [4.78, 5) is 16.5. The fourth-order valence-corrected chi connectivity index (χ4v) is 2.89. The Morgan fingerprint density at radius 2 is 1.96 bits per heavy atom. The second-order valence-electron chi connectivity index (χ2n) is 5.41. The van der Waals surface area contributed by atoms with E-state index < -0.39 is 0 Å². The molecule has 0 saturated heterocycles. The third kappa shape index (κ3) is 8.86. The van der Waals surface area contributed by atoms with Crippen LogP contribution < -0.4 is 16.0 Å². The van der Waals surface area contributed by atoms with Gasteiger partial charge in [0.25, 0.3) is 0 Å². The van der Waals surface area contributed by atoms with E-state index in [1.54, 1.807) is 35.6 Å². The first kappa shape index (κ1) is 22.7. The number of hydrogen-bond acceptors (Lipinski definition) is 3. The topological polar surface area (TPSA) is 65.5 Å². The summed E-state index contributed by atoms with van der Waals surface area (Å²) >= 11 is 7.50. The Balaban J connectivity index is 0.00000338. The molecule has 0 radical (unpaired) electrons. The molecular weight excluding hydrogens is 483 g/mol. The molecule has 0 aliphatic carbocycles. The summed E-state index contributed by atoms with van der Waals surface area (Å²) in [6.07, 6.45) is 1.17. The van der Waals surface area contributed by atoms with Gasteiger partial charge in [-0.2, -0.15) is 11.3 Å². The van der Waals surface area contributed by atoms with Crippen molar-refractivity contribution in [3.8, 4) is 0 Å². The van der Waals surface area contributed by atoms with E-state index in [1.807, 2.05) is 12.3 Å². The van der Waals surface area contributed by atoms with Gasteiger partial charge in [-0.3, -0.25) is 4.79 Å². The predicted molar refractivity (Wildman–Crippen MR) is 122 cm³/mol. The Kier molecular flexibility index (Phi) is 11.3. The van der Waals surface area contributed by atoms with Crippen molar-refractivity contribution < 1.29 is 4.79 Å². The summed E-state index contributed by atoms with van der Waals surface area (Å²) in [5, 5.41) is 14.1. The van der Waals surface area contributed by atoms with E-state index >= 15 is 0 Å². The molecule has 1 aromatic heterocycles. The molecule has 2 aromatic rings. The second-order valence-corrected chi connectivity index (χ2v) is 6.63. The SMILES string of the molecule is CCNC(=NCc1ccsc1)NCCCC(=O)Nc1ccc(Cl)cc1.I. The van der Waals surface area contributed by atoms with Gasteiger partial charge in [-0.1, -0.05) is 11.6 Å². The van der Waals surface area contributed by atoms with E-state index in [-0.39, 0.29) is 29.9 Å². The number of nitrogens with one attached hydrogen (secondary N) is 3. The molecule has 8 heteroatoms. The third-order valence-corrected chi connectivity index (χ3v) is 4.33. The molecule has 0 saturated carbocycles. The average molecular weight is 507 g/mol. The van der Waals surface area contributed by atoms with E-state index in [1.165, 1.54) is 5.56 Å². The van der Waals surface area contributed by atoms with Crippen molar-refractivity contribution in [1.82, 2.24) is 10.6 Å². The van der Waals surface area contributed by atoms with Gasteiger partial charge in [0, 0.05) is 30.2 Å². The molecule has 0 bridgehead atoms. The number of benzene rings is 1. The molecule has 5 nitrogen and oxygen atoms in total. The molecule has 0 unspecified atom stereocenters. The van der Waals surface area contributed by atoms with Crippen LogP contribution in [0.1, 0.15) is 25.3 Å². The van der Waals surface area contributed by atoms with Gasteiger partial charge in [-0.25, -0.2) is 4.99 Å². The molecule has 142 valence electrons. The Labute approximate surface area is 180 Å². The van der Waals surface area contributed by atoms with E-state index in [9.17, 15) is 4.79 Å². The lowest BCUT2D eigenvalue weighted by atomic mass is 10.2. The van der Waals surface area contributed by atoms with Crippen LogP contribution in [0, 0.1) is 0 Å². The largest absolute Gasteiger partial charge is 0.357 e. The summed E-state index contributed by atoms with van der Waals surface area (Å²) < 4.78 is 0. The van der Waals surface area contributed by atoms with Gasteiger partial charge < -0.3 is 16.0 Å². The first-order valence-corrected chi connectivity index (χ1v) is 9.58. The number of carbonyl (C=O) groups excluding carboxylic acids is 1. The Morgan fingerprint density at radius 3 is 2.62 bits per heavy atom. The fourth-order valence-electron chi connectivity index (χ4n) is 2.11. The molecule has 0 aliphatic rings. The zero-order valence-corrected chi connectivity index (χ0v) is 18.5. The minimum atomic E-state index is -0.00987. The molecule has 0 atom stereocenters. The van der Waals surface area contributed by atoms with Gasteiger partial charge in [0.2, 0.25) is 5.91 Å². The number of thiophene rings is 1. The fraction of sp³-hybridized carbons (Fsp3) is 0.333. The number of halogens is 2. The van der Waals surface area contributed by atoms with Crippen molar-refractivity contribution in [2.75, 3.05) is 18.4 Å². The monoisotopic (exact) mass is 506 g/mol. The number of anilines is 1. The van der Waals surface area contributed by atoms with Crippen molar-refractivity contribution >= 4 is 64.5 Å². The predicted octanol–water partition coefficient (Wildman–Crippen LogP) is 4.49. The van der Waals surface area contributed by atoms with Crippen LogP contribution in [-0.2, 0) is 11.3 Å². The van der Waals surface area contributed by atoms with Crippen LogP contribution in [0.3, 0.4) is 0 Å². The molecule has 2 rings (SSSR count). The summed E-state index contributed by atoms with van der Waals surface area (Å²) in [7, 11) is 0. The standard InChI is InChI=1S/C18H23ClN4OS.HI/c1-2-20-18(22-12-14-9-11-25-13-14)21-10-3-4-17(24)23-16-7-5-15(19)6-8-16;/h5-9,11,13H,2-4,10,12H2,1H3,(H,23,24)(H2,20,21,22);1H. The average Bonchev–Trinajstić information content (AvgIpc) is 3.12. The van der Waals surface area contributed by atoms with E-state index in [2.05, 4.69) is 32.4 Å². The minimum absolute atomic E-state index is 0. The summed E-state index contributed by atoms with van der Waals surface area (Å²) in [6.45, 7) is 4.16. The van der Waals surface area contributed by atoms with Crippen molar-refractivity contribution in [2.24, 2.45) is 4.99 Å². The van der Waals surface area contributed by atoms with Gasteiger partial charge in [0.1, 0.15) is 0 Å². The van der Waals surface area contributed by atoms with Crippen LogP contribution in [0.2, 0.25) is 5.02 Å². The summed E-state index contributed by atoms with van der Waals surface area (Å²) in [6, 6.07) is 9.16. The van der Waals surface area contributed by atoms with Gasteiger partial charge in [0.15, 0.2) is 5.96 Å². The highest BCUT2D eigenvalue weighted by Gasteiger charge is 2.03.